The molecule has 0 aliphatic rings. The standard InChI is InChI=1S/C12H18N2O3/c1-12(2,8-15)14(3)11(16)9-5-6-13-7-10(9)17-4/h5-7,15H,8H2,1-4H3. The van der Waals surface area contributed by atoms with Crippen LogP contribution in [0.1, 0.15) is 24.2 Å². The first-order valence-electron chi connectivity index (χ1n) is 5.31. The Kier molecular flexibility index (Phi) is 4.07. The van der Waals surface area contributed by atoms with Gasteiger partial charge in [-0.25, -0.2) is 0 Å². The smallest absolute Gasteiger partial charge is 0.257 e. The first-order chi connectivity index (χ1) is 7.94. The Labute approximate surface area is 101 Å². The highest BCUT2D eigenvalue weighted by atomic mass is 16.5. The molecule has 0 saturated carbocycles. The zero-order chi connectivity index (χ0) is 13.1. The van der Waals surface area contributed by atoms with E-state index < -0.39 is 5.54 Å². The lowest BCUT2D eigenvalue weighted by Gasteiger charge is -2.34. The second kappa shape index (κ2) is 5.14. The summed E-state index contributed by atoms with van der Waals surface area (Å²) in [4.78, 5) is 17.6. The van der Waals surface area contributed by atoms with Gasteiger partial charge in [0.25, 0.3) is 5.91 Å². The molecule has 17 heavy (non-hydrogen) atoms. The fraction of sp³-hybridized carbons (Fsp3) is 0.500. The average Bonchev–Trinajstić information content (AvgIpc) is 2.36. The average molecular weight is 238 g/mol. The molecule has 1 rings (SSSR count). The Hall–Kier alpha value is -1.62. The van der Waals surface area contributed by atoms with Crippen LogP contribution < -0.4 is 4.74 Å². The van der Waals surface area contributed by atoms with E-state index in [9.17, 15) is 9.90 Å². The Morgan fingerprint density at radius 3 is 2.76 bits per heavy atom. The van der Waals surface area contributed by atoms with Crippen molar-refractivity contribution in [2.24, 2.45) is 0 Å². The number of nitrogens with zero attached hydrogens (tertiary/aromatic N) is 2. The lowest BCUT2D eigenvalue weighted by Crippen LogP contribution is -2.47. The van der Waals surface area contributed by atoms with Gasteiger partial charge in [-0.3, -0.25) is 9.78 Å². The van der Waals surface area contributed by atoms with E-state index in [2.05, 4.69) is 4.98 Å². The highest BCUT2D eigenvalue weighted by Crippen LogP contribution is 2.21. The molecule has 0 spiro atoms. The Balaban J connectivity index is 3.04. The number of rotatable bonds is 4. The van der Waals surface area contributed by atoms with E-state index in [0.29, 0.717) is 11.3 Å². The van der Waals surface area contributed by atoms with Gasteiger partial charge in [0.15, 0.2) is 0 Å². The van der Waals surface area contributed by atoms with Gasteiger partial charge in [0.2, 0.25) is 0 Å². The number of likely N-dealkylation sites (N-methyl/N-ethyl adjacent to an activating group) is 1. The number of ether oxygens (including phenoxy) is 1. The maximum Gasteiger partial charge on any atom is 0.257 e. The van der Waals surface area contributed by atoms with Crippen molar-refractivity contribution in [3.8, 4) is 5.75 Å². The molecule has 0 fully saturated rings. The molecule has 0 unspecified atom stereocenters. The van der Waals surface area contributed by atoms with Crippen molar-refractivity contribution in [3.63, 3.8) is 0 Å². The van der Waals surface area contributed by atoms with Crippen molar-refractivity contribution in [3.05, 3.63) is 24.0 Å². The lowest BCUT2D eigenvalue weighted by molar-refractivity contribution is 0.0470. The zero-order valence-corrected chi connectivity index (χ0v) is 10.6. The first kappa shape index (κ1) is 13.4. The molecular weight excluding hydrogens is 220 g/mol. The summed E-state index contributed by atoms with van der Waals surface area (Å²) in [7, 11) is 3.14. The van der Waals surface area contributed by atoms with Crippen LogP contribution in [-0.4, -0.2) is 47.2 Å². The van der Waals surface area contributed by atoms with E-state index in [-0.39, 0.29) is 12.5 Å². The largest absolute Gasteiger partial charge is 0.494 e. The second-order valence-electron chi connectivity index (χ2n) is 4.41. The first-order valence-corrected chi connectivity index (χ1v) is 5.31. The molecule has 94 valence electrons. The van der Waals surface area contributed by atoms with E-state index in [4.69, 9.17) is 4.74 Å². The second-order valence-corrected chi connectivity index (χ2v) is 4.41. The van der Waals surface area contributed by atoms with Crippen LogP contribution in [0.5, 0.6) is 5.75 Å². The molecule has 1 amide bonds. The SMILES string of the molecule is COc1cnccc1C(=O)N(C)C(C)(C)CO. The van der Waals surface area contributed by atoms with Crippen molar-refractivity contribution in [1.82, 2.24) is 9.88 Å². The van der Waals surface area contributed by atoms with Crippen molar-refractivity contribution >= 4 is 5.91 Å². The number of carbonyl (C=O) groups excluding carboxylic acids is 1. The monoisotopic (exact) mass is 238 g/mol. The molecule has 0 aromatic carbocycles. The van der Waals surface area contributed by atoms with Crippen molar-refractivity contribution < 1.29 is 14.6 Å². The fourth-order valence-corrected chi connectivity index (χ4v) is 1.28. The highest BCUT2D eigenvalue weighted by Gasteiger charge is 2.28. The number of carbonyl (C=O) groups is 1. The summed E-state index contributed by atoms with van der Waals surface area (Å²) in [5, 5.41) is 9.25. The van der Waals surface area contributed by atoms with Crippen molar-refractivity contribution in [2.75, 3.05) is 20.8 Å². The third-order valence-corrected chi connectivity index (χ3v) is 2.83. The van der Waals surface area contributed by atoms with Gasteiger partial charge in [-0.15, -0.1) is 0 Å². The number of hydrogen-bond donors (Lipinski definition) is 1. The maximum absolute atomic E-state index is 12.2. The third kappa shape index (κ3) is 2.74. The minimum absolute atomic E-state index is 0.108. The van der Waals surface area contributed by atoms with Crippen molar-refractivity contribution in [1.29, 1.82) is 0 Å². The van der Waals surface area contributed by atoms with Crippen molar-refractivity contribution in [2.45, 2.75) is 19.4 Å². The number of aliphatic hydroxyl groups excluding tert-OH is 1. The van der Waals surface area contributed by atoms with Gasteiger partial charge in [0.05, 0.1) is 31.0 Å². The van der Waals surface area contributed by atoms with E-state index in [1.807, 2.05) is 0 Å². The number of aromatic nitrogens is 1. The fourth-order valence-electron chi connectivity index (χ4n) is 1.28. The molecule has 0 bridgehead atoms. The summed E-state index contributed by atoms with van der Waals surface area (Å²) < 4.78 is 5.09. The molecule has 0 aliphatic heterocycles. The molecular formula is C12H18N2O3. The molecule has 0 atom stereocenters. The minimum Gasteiger partial charge on any atom is -0.494 e. The van der Waals surface area contributed by atoms with E-state index in [1.165, 1.54) is 24.4 Å². The molecule has 0 radical (unpaired) electrons. The van der Waals surface area contributed by atoms with Crippen LogP contribution in [0.3, 0.4) is 0 Å². The normalized spacial score (nSPS) is 11.1. The van der Waals surface area contributed by atoms with Gasteiger partial charge >= 0.3 is 0 Å². The number of methoxy groups -OCH3 is 1. The molecule has 1 heterocycles. The zero-order valence-electron chi connectivity index (χ0n) is 10.6. The summed E-state index contributed by atoms with van der Waals surface area (Å²) in [6.07, 6.45) is 3.03. The molecule has 0 saturated heterocycles. The van der Waals surface area contributed by atoms with E-state index >= 15 is 0 Å². The van der Waals surface area contributed by atoms with Gasteiger partial charge in [-0.1, -0.05) is 0 Å². The maximum atomic E-state index is 12.2. The topological polar surface area (TPSA) is 62.7 Å². The van der Waals surface area contributed by atoms with E-state index in [0.717, 1.165) is 0 Å². The molecule has 1 N–H and O–H groups in total. The quantitative estimate of drug-likeness (QED) is 0.847. The number of pyridine rings is 1. The highest BCUT2D eigenvalue weighted by molar-refractivity contribution is 5.97. The van der Waals surface area contributed by atoms with Crippen LogP contribution in [0.25, 0.3) is 0 Å². The van der Waals surface area contributed by atoms with Gasteiger partial charge in [-0.05, 0) is 19.9 Å². The summed E-state index contributed by atoms with van der Waals surface area (Å²) in [6.45, 7) is 3.47. The number of aliphatic hydroxyl groups is 1. The molecule has 1 aromatic rings. The summed E-state index contributed by atoms with van der Waals surface area (Å²) in [6, 6.07) is 1.60. The molecule has 0 aliphatic carbocycles. The predicted molar refractivity (Wildman–Crippen MR) is 64.0 cm³/mol. The van der Waals surface area contributed by atoms with Crippen LogP contribution in [0.2, 0.25) is 0 Å². The summed E-state index contributed by atoms with van der Waals surface area (Å²) >= 11 is 0. The molecule has 5 heteroatoms. The van der Waals surface area contributed by atoms with E-state index in [1.54, 1.807) is 27.0 Å². The Bertz CT molecular complexity index is 404. The lowest BCUT2D eigenvalue weighted by atomic mass is 10.0. The third-order valence-electron chi connectivity index (χ3n) is 2.83. The van der Waals surface area contributed by atoms with Crippen LogP contribution in [0.15, 0.2) is 18.5 Å². The van der Waals surface area contributed by atoms with Crippen LogP contribution in [-0.2, 0) is 0 Å². The van der Waals surface area contributed by atoms with Crippen LogP contribution in [0.4, 0.5) is 0 Å². The van der Waals surface area contributed by atoms with Gasteiger partial charge in [0, 0.05) is 13.2 Å². The summed E-state index contributed by atoms with van der Waals surface area (Å²) in [5.74, 6) is 0.224. The minimum atomic E-state index is -0.620. The van der Waals surface area contributed by atoms with Gasteiger partial charge in [0.1, 0.15) is 5.75 Å². The van der Waals surface area contributed by atoms with Gasteiger partial charge < -0.3 is 14.7 Å². The molecule has 5 nitrogen and oxygen atoms in total. The molecule has 1 aromatic heterocycles. The number of amides is 1. The summed E-state index contributed by atoms with van der Waals surface area (Å²) in [5.41, 5.74) is -0.183. The Morgan fingerprint density at radius 2 is 2.24 bits per heavy atom. The van der Waals surface area contributed by atoms with Crippen LogP contribution in [0, 0.1) is 0 Å². The number of hydrogen-bond acceptors (Lipinski definition) is 4. The van der Waals surface area contributed by atoms with Gasteiger partial charge in [-0.2, -0.15) is 0 Å². The van der Waals surface area contributed by atoms with Crippen LogP contribution >= 0.6 is 0 Å². The predicted octanol–water partition coefficient (Wildman–Crippen LogP) is 0.933. The Morgan fingerprint density at radius 1 is 1.59 bits per heavy atom.